The molecule has 0 N–H and O–H groups in total. The fourth-order valence-corrected chi connectivity index (χ4v) is 3.11. The van der Waals surface area contributed by atoms with Crippen LogP contribution >= 0.6 is 0 Å². The van der Waals surface area contributed by atoms with E-state index in [2.05, 4.69) is 25.9 Å². The number of benzene rings is 1. The topological polar surface area (TPSA) is 44.1 Å². The highest BCUT2D eigenvalue weighted by Gasteiger charge is 2.18. The Labute approximate surface area is 157 Å². The molecule has 0 atom stereocenters. The molecular formula is C22H32N2O2. The molecule has 4 heteroatoms. The molecule has 0 saturated carbocycles. The van der Waals surface area contributed by atoms with Gasteiger partial charge in [-0.1, -0.05) is 40.0 Å². The summed E-state index contributed by atoms with van der Waals surface area (Å²) in [7, 11) is 0. The van der Waals surface area contributed by atoms with Gasteiger partial charge in [0.05, 0.1) is 12.3 Å². The fraction of sp³-hybridized carbons (Fsp3) is 0.545. The number of carbonyl (C=O) groups is 1. The second kappa shape index (κ2) is 9.56. The molecule has 0 aliphatic carbocycles. The van der Waals surface area contributed by atoms with Crippen LogP contribution in [-0.2, 0) is 6.42 Å². The summed E-state index contributed by atoms with van der Waals surface area (Å²) in [6, 6.07) is 7.38. The third-order valence-electron chi connectivity index (χ3n) is 4.61. The van der Waals surface area contributed by atoms with Crippen LogP contribution in [0.3, 0.4) is 0 Å². The van der Waals surface area contributed by atoms with E-state index in [0.717, 1.165) is 36.6 Å². The molecule has 2 rings (SSSR count). The number of aromatic nitrogens is 2. The van der Waals surface area contributed by atoms with Gasteiger partial charge in [0.25, 0.3) is 5.91 Å². The molecule has 1 aromatic carbocycles. The zero-order chi connectivity index (χ0) is 19.1. The largest absolute Gasteiger partial charge is 0.494 e. The maximum absolute atomic E-state index is 12.8. The number of ether oxygens (including phenoxy) is 1. The maximum Gasteiger partial charge on any atom is 0.278 e. The van der Waals surface area contributed by atoms with Crippen LogP contribution in [0.15, 0.2) is 24.3 Å². The van der Waals surface area contributed by atoms with Crippen LogP contribution in [0.4, 0.5) is 0 Å². The monoisotopic (exact) mass is 356 g/mol. The van der Waals surface area contributed by atoms with Crippen molar-refractivity contribution in [3.05, 3.63) is 46.8 Å². The van der Waals surface area contributed by atoms with E-state index >= 15 is 0 Å². The Hall–Kier alpha value is -2.10. The third-order valence-corrected chi connectivity index (χ3v) is 4.61. The molecule has 0 bridgehead atoms. The van der Waals surface area contributed by atoms with Gasteiger partial charge < -0.3 is 4.74 Å². The Morgan fingerprint density at radius 1 is 1.12 bits per heavy atom. The summed E-state index contributed by atoms with van der Waals surface area (Å²) in [5.41, 5.74) is 3.69. The molecule has 0 spiro atoms. The number of unbranched alkanes of at least 4 members (excludes halogenated alkanes) is 3. The lowest BCUT2D eigenvalue weighted by atomic mass is 10.0. The highest BCUT2D eigenvalue weighted by atomic mass is 16.5. The first kappa shape index (κ1) is 20.2. The Kier molecular flexibility index (Phi) is 7.43. The van der Waals surface area contributed by atoms with Crippen molar-refractivity contribution in [2.24, 2.45) is 5.92 Å². The summed E-state index contributed by atoms with van der Waals surface area (Å²) in [4.78, 5) is 12.8. The van der Waals surface area contributed by atoms with Gasteiger partial charge in [-0.15, -0.1) is 0 Å². The Balaban J connectivity index is 2.04. The molecule has 0 aliphatic heterocycles. The van der Waals surface area contributed by atoms with E-state index in [0.29, 0.717) is 11.5 Å². The van der Waals surface area contributed by atoms with E-state index in [9.17, 15) is 4.79 Å². The molecule has 0 radical (unpaired) electrons. The van der Waals surface area contributed by atoms with Crippen molar-refractivity contribution in [3.63, 3.8) is 0 Å². The van der Waals surface area contributed by atoms with Gasteiger partial charge >= 0.3 is 0 Å². The van der Waals surface area contributed by atoms with Gasteiger partial charge in [-0.3, -0.25) is 4.79 Å². The van der Waals surface area contributed by atoms with Crippen LogP contribution in [-0.4, -0.2) is 22.3 Å². The van der Waals surface area contributed by atoms with E-state index in [-0.39, 0.29) is 5.91 Å². The van der Waals surface area contributed by atoms with Gasteiger partial charge in [0, 0.05) is 11.3 Å². The minimum atomic E-state index is -0.0879. The van der Waals surface area contributed by atoms with Gasteiger partial charge in [0.2, 0.25) is 0 Å². The van der Waals surface area contributed by atoms with Gasteiger partial charge in [-0.05, 0) is 62.4 Å². The molecular weight excluding hydrogens is 324 g/mol. The standard InChI is InChI=1S/C22H32N2O2/c1-6-7-8-9-14-26-20-12-10-19(11-13-20)22(25)24-18(5)21(15-16(2)3)17(4)23-24/h10-13,16H,6-9,14-15H2,1-5H3. The molecule has 4 nitrogen and oxygen atoms in total. The SMILES string of the molecule is CCCCCCOc1ccc(C(=O)n2nc(C)c(CC(C)C)c2C)cc1. The lowest BCUT2D eigenvalue weighted by Gasteiger charge is -2.08. The molecule has 0 amide bonds. The first-order valence-corrected chi connectivity index (χ1v) is 9.76. The van der Waals surface area contributed by atoms with Crippen molar-refractivity contribution < 1.29 is 9.53 Å². The minimum Gasteiger partial charge on any atom is -0.494 e. The average molecular weight is 357 g/mol. The first-order chi connectivity index (χ1) is 12.4. The van der Waals surface area contributed by atoms with E-state index in [1.807, 2.05) is 38.1 Å². The van der Waals surface area contributed by atoms with Crippen molar-refractivity contribution >= 4 is 5.91 Å². The number of rotatable bonds is 9. The highest BCUT2D eigenvalue weighted by Crippen LogP contribution is 2.20. The second-order valence-corrected chi connectivity index (χ2v) is 7.40. The normalized spacial score (nSPS) is 11.2. The number of nitrogens with zero attached hydrogens (tertiary/aromatic N) is 2. The first-order valence-electron chi connectivity index (χ1n) is 9.76. The van der Waals surface area contributed by atoms with Gasteiger partial charge in [0.15, 0.2) is 0 Å². The Morgan fingerprint density at radius 3 is 2.42 bits per heavy atom. The third kappa shape index (κ3) is 5.20. The molecule has 142 valence electrons. The number of carbonyl (C=O) groups excluding carboxylic acids is 1. The lowest BCUT2D eigenvalue weighted by Crippen LogP contribution is -2.15. The molecule has 0 unspecified atom stereocenters. The van der Waals surface area contributed by atoms with Crippen LogP contribution in [0, 0.1) is 19.8 Å². The molecule has 0 fully saturated rings. The van der Waals surface area contributed by atoms with E-state index in [1.165, 1.54) is 29.5 Å². The molecule has 0 aliphatic rings. The van der Waals surface area contributed by atoms with Crippen LogP contribution in [0.5, 0.6) is 5.75 Å². The predicted molar refractivity (Wildman–Crippen MR) is 106 cm³/mol. The highest BCUT2D eigenvalue weighted by molar-refractivity contribution is 5.96. The van der Waals surface area contributed by atoms with Gasteiger partial charge in [-0.2, -0.15) is 5.10 Å². The molecule has 0 saturated heterocycles. The second-order valence-electron chi connectivity index (χ2n) is 7.40. The fourth-order valence-electron chi connectivity index (χ4n) is 3.11. The summed E-state index contributed by atoms with van der Waals surface area (Å²) in [6.45, 7) is 11.2. The van der Waals surface area contributed by atoms with Crippen molar-refractivity contribution in [2.45, 2.75) is 66.7 Å². The lowest BCUT2D eigenvalue weighted by molar-refractivity contribution is 0.0942. The van der Waals surface area contributed by atoms with E-state index in [4.69, 9.17) is 4.74 Å². The van der Waals surface area contributed by atoms with E-state index < -0.39 is 0 Å². The predicted octanol–water partition coefficient (Wildman–Crippen LogP) is 5.35. The van der Waals surface area contributed by atoms with Crippen LogP contribution in [0.1, 0.15) is 73.8 Å². The van der Waals surface area contributed by atoms with Gasteiger partial charge in [0.1, 0.15) is 5.75 Å². The molecule has 2 aromatic rings. The zero-order valence-electron chi connectivity index (χ0n) is 16.8. The van der Waals surface area contributed by atoms with Crippen LogP contribution < -0.4 is 4.74 Å². The maximum atomic E-state index is 12.8. The summed E-state index contributed by atoms with van der Waals surface area (Å²) in [5.74, 6) is 1.26. The summed E-state index contributed by atoms with van der Waals surface area (Å²) < 4.78 is 7.29. The quantitative estimate of drug-likeness (QED) is 0.569. The number of hydrogen-bond donors (Lipinski definition) is 0. The van der Waals surface area contributed by atoms with Crippen molar-refractivity contribution in [1.29, 1.82) is 0 Å². The Morgan fingerprint density at radius 2 is 1.81 bits per heavy atom. The Bertz CT molecular complexity index is 714. The van der Waals surface area contributed by atoms with Crippen molar-refractivity contribution in [3.8, 4) is 5.75 Å². The smallest absolute Gasteiger partial charge is 0.278 e. The molecule has 1 aromatic heterocycles. The van der Waals surface area contributed by atoms with Crippen LogP contribution in [0.25, 0.3) is 0 Å². The molecule has 26 heavy (non-hydrogen) atoms. The van der Waals surface area contributed by atoms with E-state index in [1.54, 1.807) is 0 Å². The van der Waals surface area contributed by atoms with Crippen molar-refractivity contribution in [2.75, 3.05) is 6.61 Å². The molecule has 1 heterocycles. The summed E-state index contributed by atoms with van der Waals surface area (Å²) >= 11 is 0. The number of aryl methyl sites for hydroxylation is 1. The van der Waals surface area contributed by atoms with Gasteiger partial charge in [-0.25, -0.2) is 4.68 Å². The minimum absolute atomic E-state index is 0.0879. The summed E-state index contributed by atoms with van der Waals surface area (Å²) in [6.07, 6.45) is 5.68. The van der Waals surface area contributed by atoms with Crippen LogP contribution in [0.2, 0.25) is 0 Å². The zero-order valence-corrected chi connectivity index (χ0v) is 16.8. The number of hydrogen-bond acceptors (Lipinski definition) is 3. The summed E-state index contributed by atoms with van der Waals surface area (Å²) in [5, 5.41) is 4.48. The van der Waals surface area contributed by atoms with Crippen molar-refractivity contribution in [1.82, 2.24) is 9.78 Å². The average Bonchev–Trinajstić information content (AvgIpc) is 2.89.